The first-order valence-electron chi connectivity index (χ1n) is 4.36. The van der Waals surface area contributed by atoms with E-state index < -0.39 is 11.5 Å². The fourth-order valence-electron chi connectivity index (χ4n) is 1.84. The molecule has 2 nitrogen and oxygen atoms in total. The maximum absolute atomic E-state index is 10.8. The molecule has 0 saturated heterocycles. The number of aliphatic hydroxyl groups is 1. The summed E-state index contributed by atoms with van der Waals surface area (Å²) in [5.41, 5.74) is -0.405. The lowest BCUT2D eigenvalue weighted by Gasteiger charge is -2.34. The SMILES string of the molecule is CC(O)C1(C=O)CCCCC1. The number of carbonyl (C=O) groups is 1. The van der Waals surface area contributed by atoms with E-state index in [2.05, 4.69) is 0 Å². The van der Waals surface area contributed by atoms with E-state index in [1.165, 1.54) is 6.42 Å². The molecule has 1 aliphatic rings. The van der Waals surface area contributed by atoms with E-state index in [-0.39, 0.29) is 0 Å². The molecule has 0 heterocycles. The summed E-state index contributed by atoms with van der Waals surface area (Å²) in [7, 11) is 0. The van der Waals surface area contributed by atoms with Gasteiger partial charge in [0.25, 0.3) is 0 Å². The average Bonchev–Trinajstić information content (AvgIpc) is 2.05. The Labute approximate surface area is 67.6 Å². The van der Waals surface area contributed by atoms with Crippen LogP contribution in [0.25, 0.3) is 0 Å². The largest absolute Gasteiger partial charge is 0.392 e. The molecular formula is C9H16O2. The zero-order chi connectivity index (χ0) is 8.32. The lowest BCUT2D eigenvalue weighted by Crippen LogP contribution is -2.36. The summed E-state index contributed by atoms with van der Waals surface area (Å²) >= 11 is 0. The van der Waals surface area contributed by atoms with Crippen LogP contribution in [-0.4, -0.2) is 17.5 Å². The number of rotatable bonds is 2. The molecule has 1 atom stereocenters. The van der Waals surface area contributed by atoms with Crippen LogP contribution in [0.3, 0.4) is 0 Å². The molecule has 1 saturated carbocycles. The fourth-order valence-corrected chi connectivity index (χ4v) is 1.84. The van der Waals surface area contributed by atoms with E-state index in [1.54, 1.807) is 6.92 Å². The van der Waals surface area contributed by atoms with Gasteiger partial charge in [0, 0.05) is 0 Å². The van der Waals surface area contributed by atoms with Gasteiger partial charge in [0.15, 0.2) is 0 Å². The second-order valence-electron chi connectivity index (χ2n) is 3.59. The van der Waals surface area contributed by atoms with Gasteiger partial charge in [-0.05, 0) is 19.8 Å². The Bertz CT molecular complexity index is 134. The van der Waals surface area contributed by atoms with Crippen molar-refractivity contribution in [3.8, 4) is 0 Å². The molecule has 0 aliphatic heterocycles. The van der Waals surface area contributed by atoms with Crippen LogP contribution >= 0.6 is 0 Å². The van der Waals surface area contributed by atoms with E-state index >= 15 is 0 Å². The minimum Gasteiger partial charge on any atom is -0.392 e. The number of aldehydes is 1. The van der Waals surface area contributed by atoms with Crippen LogP contribution in [0.5, 0.6) is 0 Å². The molecule has 1 rings (SSSR count). The lowest BCUT2D eigenvalue weighted by atomic mass is 9.72. The molecule has 0 spiro atoms. The maximum atomic E-state index is 10.8. The second-order valence-corrected chi connectivity index (χ2v) is 3.59. The molecule has 0 bridgehead atoms. The number of hydrogen-bond donors (Lipinski definition) is 1. The van der Waals surface area contributed by atoms with Crippen molar-refractivity contribution < 1.29 is 9.90 Å². The average molecular weight is 156 g/mol. The van der Waals surface area contributed by atoms with Crippen molar-refractivity contribution in [2.75, 3.05) is 0 Å². The Morgan fingerprint density at radius 2 is 1.91 bits per heavy atom. The molecule has 0 aromatic carbocycles. The topological polar surface area (TPSA) is 37.3 Å². The summed E-state index contributed by atoms with van der Waals surface area (Å²) in [6, 6.07) is 0. The summed E-state index contributed by atoms with van der Waals surface area (Å²) in [6.45, 7) is 1.72. The van der Waals surface area contributed by atoms with E-state index in [9.17, 15) is 9.90 Å². The van der Waals surface area contributed by atoms with Gasteiger partial charge in [-0.1, -0.05) is 19.3 Å². The van der Waals surface area contributed by atoms with Gasteiger partial charge in [-0.2, -0.15) is 0 Å². The normalized spacial score (nSPS) is 26.0. The minimum absolute atomic E-state index is 0.405. The predicted octanol–water partition coefficient (Wildman–Crippen LogP) is 1.52. The van der Waals surface area contributed by atoms with Crippen LogP contribution in [0.1, 0.15) is 39.0 Å². The van der Waals surface area contributed by atoms with Gasteiger partial charge in [0.05, 0.1) is 11.5 Å². The monoisotopic (exact) mass is 156 g/mol. The first-order valence-corrected chi connectivity index (χ1v) is 4.36. The Morgan fingerprint density at radius 3 is 2.18 bits per heavy atom. The Kier molecular flexibility index (Phi) is 2.66. The van der Waals surface area contributed by atoms with E-state index in [0.717, 1.165) is 32.0 Å². The molecule has 11 heavy (non-hydrogen) atoms. The highest BCUT2D eigenvalue weighted by atomic mass is 16.3. The van der Waals surface area contributed by atoms with Crippen molar-refractivity contribution in [3.05, 3.63) is 0 Å². The zero-order valence-corrected chi connectivity index (χ0v) is 7.05. The highest BCUT2D eigenvalue weighted by Crippen LogP contribution is 2.37. The predicted molar refractivity (Wildman–Crippen MR) is 43.3 cm³/mol. The quantitative estimate of drug-likeness (QED) is 0.615. The molecule has 0 amide bonds. The van der Waals surface area contributed by atoms with Gasteiger partial charge >= 0.3 is 0 Å². The van der Waals surface area contributed by atoms with E-state index in [4.69, 9.17) is 0 Å². The molecule has 1 fully saturated rings. The molecule has 1 aliphatic carbocycles. The van der Waals surface area contributed by atoms with Crippen LogP contribution in [0.4, 0.5) is 0 Å². The molecule has 64 valence electrons. The van der Waals surface area contributed by atoms with Crippen molar-refractivity contribution in [2.45, 2.75) is 45.1 Å². The molecule has 0 aromatic heterocycles. The Balaban J connectivity index is 2.64. The number of aliphatic hydroxyl groups excluding tert-OH is 1. The van der Waals surface area contributed by atoms with Gasteiger partial charge in [-0.25, -0.2) is 0 Å². The van der Waals surface area contributed by atoms with Crippen molar-refractivity contribution in [1.29, 1.82) is 0 Å². The van der Waals surface area contributed by atoms with E-state index in [0.29, 0.717) is 0 Å². The maximum Gasteiger partial charge on any atom is 0.128 e. The standard InChI is InChI=1S/C9H16O2/c1-8(11)9(7-10)5-3-2-4-6-9/h7-8,11H,2-6H2,1H3. The first-order chi connectivity index (χ1) is 5.21. The molecule has 0 aromatic rings. The Morgan fingerprint density at radius 1 is 1.36 bits per heavy atom. The van der Waals surface area contributed by atoms with Gasteiger partial charge in [-0.3, -0.25) is 0 Å². The molecule has 0 radical (unpaired) electrons. The van der Waals surface area contributed by atoms with Crippen molar-refractivity contribution in [3.63, 3.8) is 0 Å². The smallest absolute Gasteiger partial charge is 0.128 e. The third-order valence-corrected chi connectivity index (χ3v) is 2.85. The zero-order valence-electron chi connectivity index (χ0n) is 7.05. The van der Waals surface area contributed by atoms with Crippen molar-refractivity contribution in [2.24, 2.45) is 5.41 Å². The molecule has 1 unspecified atom stereocenters. The van der Waals surface area contributed by atoms with Crippen molar-refractivity contribution in [1.82, 2.24) is 0 Å². The minimum atomic E-state index is -0.472. The Hall–Kier alpha value is -0.370. The number of hydrogen-bond acceptors (Lipinski definition) is 2. The van der Waals surface area contributed by atoms with E-state index in [1.807, 2.05) is 0 Å². The lowest BCUT2D eigenvalue weighted by molar-refractivity contribution is -0.124. The summed E-state index contributed by atoms with van der Waals surface area (Å²) in [5, 5.41) is 9.40. The summed E-state index contributed by atoms with van der Waals surface area (Å²) in [5.74, 6) is 0. The highest BCUT2D eigenvalue weighted by Gasteiger charge is 2.36. The van der Waals surface area contributed by atoms with Crippen LogP contribution in [0.15, 0.2) is 0 Å². The first kappa shape index (κ1) is 8.72. The van der Waals surface area contributed by atoms with Gasteiger partial charge in [0.1, 0.15) is 6.29 Å². The molecule has 2 heteroatoms. The highest BCUT2D eigenvalue weighted by molar-refractivity contribution is 5.60. The molecular weight excluding hydrogens is 140 g/mol. The van der Waals surface area contributed by atoms with Gasteiger partial charge in [0.2, 0.25) is 0 Å². The summed E-state index contributed by atoms with van der Waals surface area (Å²) < 4.78 is 0. The number of carbonyl (C=O) groups excluding carboxylic acids is 1. The second kappa shape index (κ2) is 3.35. The van der Waals surface area contributed by atoms with Crippen molar-refractivity contribution >= 4 is 6.29 Å². The van der Waals surface area contributed by atoms with Crippen LogP contribution < -0.4 is 0 Å². The van der Waals surface area contributed by atoms with Crippen LogP contribution in [-0.2, 0) is 4.79 Å². The summed E-state index contributed by atoms with van der Waals surface area (Å²) in [4.78, 5) is 10.8. The third-order valence-electron chi connectivity index (χ3n) is 2.85. The van der Waals surface area contributed by atoms with Gasteiger partial charge < -0.3 is 9.90 Å². The van der Waals surface area contributed by atoms with Crippen LogP contribution in [0, 0.1) is 5.41 Å². The molecule has 1 N–H and O–H groups in total. The van der Waals surface area contributed by atoms with Gasteiger partial charge in [-0.15, -0.1) is 0 Å². The van der Waals surface area contributed by atoms with Crippen LogP contribution in [0.2, 0.25) is 0 Å². The summed E-state index contributed by atoms with van der Waals surface area (Å²) in [6.07, 6.45) is 5.61. The third kappa shape index (κ3) is 1.62. The fraction of sp³-hybridized carbons (Fsp3) is 0.889.